The lowest BCUT2D eigenvalue weighted by molar-refractivity contribution is -0.0276. The van der Waals surface area contributed by atoms with Gasteiger partial charge in [0.2, 0.25) is 0 Å². The summed E-state index contributed by atoms with van der Waals surface area (Å²) >= 11 is 0. The van der Waals surface area contributed by atoms with E-state index in [-0.39, 0.29) is 10.5 Å². The quantitative estimate of drug-likeness (QED) is 0.920. The first-order chi connectivity index (χ1) is 9.28. The summed E-state index contributed by atoms with van der Waals surface area (Å²) < 4.78 is 37.5. The fourth-order valence-electron chi connectivity index (χ4n) is 2.67. The number of nitrogens with zero attached hydrogens (tertiary/aromatic N) is 1. The molecule has 1 heterocycles. The smallest absolute Gasteiger partial charge is 0.178 e. The van der Waals surface area contributed by atoms with Crippen molar-refractivity contribution in [2.75, 3.05) is 25.9 Å². The molecule has 1 aromatic rings. The summed E-state index contributed by atoms with van der Waals surface area (Å²) in [6.07, 6.45) is 1.79. The fourth-order valence-corrected chi connectivity index (χ4v) is 3.43. The number of hydrogen-bond acceptors (Lipinski definition) is 4. The van der Waals surface area contributed by atoms with Crippen molar-refractivity contribution in [1.29, 1.82) is 0 Å². The Morgan fingerprint density at radius 3 is 2.45 bits per heavy atom. The van der Waals surface area contributed by atoms with Crippen molar-refractivity contribution >= 4 is 9.84 Å². The van der Waals surface area contributed by atoms with Gasteiger partial charge in [0.25, 0.3) is 0 Å². The maximum absolute atomic E-state index is 14.4. The number of benzene rings is 1. The molecule has 0 radical (unpaired) electrons. The van der Waals surface area contributed by atoms with Crippen LogP contribution in [0.2, 0.25) is 0 Å². The molecule has 1 saturated heterocycles. The molecule has 0 aromatic heterocycles. The van der Waals surface area contributed by atoms with Gasteiger partial charge in [-0.25, -0.2) is 12.8 Å². The zero-order valence-electron chi connectivity index (χ0n) is 11.8. The predicted molar refractivity (Wildman–Crippen MR) is 74.8 cm³/mol. The Labute approximate surface area is 119 Å². The molecular weight excluding hydrogens is 281 g/mol. The highest BCUT2D eigenvalue weighted by Gasteiger charge is 2.37. The van der Waals surface area contributed by atoms with Gasteiger partial charge in [0.05, 0.1) is 5.60 Å². The van der Waals surface area contributed by atoms with Gasteiger partial charge in [0.15, 0.2) is 9.84 Å². The minimum Gasteiger partial charge on any atom is -0.385 e. The third-order valence-corrected chi connectivity index (χ3v) is 5.11. The van der Waals surface area contributed by atoms with Crippen molar-refractivity contribution < 1.29 is 17.9 Å². The number of hydrogen-bond donors (Lipinski definition) is 1. The second-order valence-corrected chi connectivity index (χ2v) is 7.34. The average Bonchev–Trinajstić information content (AvgIpc) is 2.38. The third kappa shape index (κ3) is 2.87. The monoisotopic (exact) mass is 301 g/mol. The number of rotatable bonds is 3. The van der Waals surface area contributed by atoms with Crippen LogP contribution < -0.4 is 0 Å². The summed E-state index contributed by atoms with van der Waals surface area (Å²) in [5, 5.41) is 10.7. The molecule has 20 heavy (non-hydrogen) atoms. The van der Waals surface area contributed by atoms with Crippen molar-refractivity contribution in [3.8, 4) is 0 Å². The Morgan fingerprint density at radius 1 is 1.35 bits per heavy atom. The number of sulfone groups is 1. The molecule has 1 aromatic carbocycles. The SMILES string of the molecule is CCN1CCC(O)(c2cccc(S(C)(=O)=O)c2F)CC1. The molecule has 112 valence electrons. The fraction of sp³-hybridized carbons (Fsp3) is 0.571. The van der Waals surface area contributed by atoms with E-state index in [2.05, 4.69) is 4.90 Å². The van der Waals surface area contributed by atoms with Crippen molar-refractivity contribution in [2.24, 2.45) is 0 Å². The standard InChI is InChI=1S/C14H20FNO3S/c1-3-16-9-7-14(17,8-10-16)11-5-4-6-12(13(11)15)20(2,18)19/h4-6,17H,3,7-10H2,1-2H3. The minimum atomic E-state index is -3.63. The van der Waals surface area contributed by atoms with Gasteiger partial charge in [0, 0.05) is 24.9 Å². The van der Waals surface area contributed by atoms with Crippen LogP contribution in [0, 0.1) is 5.82 Å². The molecule has 1 aliphatic heterocycles. The van der Waals surface area contributed by atoms with E-state index in [0.717, 1.165) is 12.8 Å². The summed E-state index contributed by atoms with van der Waals surface area (Å²) in [6.45, 7) is 4.28. The van der Waals surface area contributed by atoms with Gasteiger partial charge in [0.1, 0.15) is 10.7 Å². The summed E-state index contributed by atoms with van der Waals surface area (Å²) in [4.78, 5) is 1.83. The minimum absolute atomic E-state index is 0.0937. The highest BCUT2D eigenvalue weighted by molar-refractivity contribution is 7.90. The van der Waals surface area contributed by atoms with E-state index in [0.29, 0.717) is 25.9 Å². The number of piperidine rings is 1. The lowest BCUT2D eigenvalue weighted by Gasteiger charge is -2.38. The van der Waals surface area contributed by atoms with Crippen LogP contribution in [-0.2, 0) is 15.4 Å². The van der Waals surface area contributed by atoms with Crippen LogP contribution in [0.5, 0.6) is 0 Å². The zero-order valence-corrected chi connectivity index (χ0v) is 12.6. The molecule has 0 amide bonds. The first kappa shape index (κ1) is 15.4. The van der Waals surface area contributed by atoms with Gasteiger partial charge < -0.3 is 10.0 Å². The highest BCUT2D eigenvalue weighted by atomic mass is 32.2. The van der Waals surface area contributed by atoms with E-state index in [9.17, 15) is 17.9 Å². The maximum Gasteiger partial charge on any atom is 0.178 e. The van der Waals surface area contributed by atoms with Crippen LogP contribution in [-0.4, -0.2) is 44.3 Å². The van der Waals surface area contributed by atoms with Crippen LogP contribution in [0.15, 0.2) is 23.1 Å². The lowest BCUT2D eigenvalue weighted by atomic mass is 9.84. The van der Waals surface area contributed by atoms with Gasteiger partial charge in [-0.2, -0.15) is 0 Å². The van der Waals surface area contributed by atoms with Crippen molar-refractivity contribution in [3.05, 3.63) is 29.6 Å². The van der Waals surface area contributed by atoms with Crippen LogP contribution >= 0.6 is 0 Å². The van der Waals surface area contributed by atoms with Crippen LogP contribution in [0.4, 0.5) is 4.39 Å². The van der Waals surface area contributed by atoms with Crippen molar-refractivity contribution in [3.63, 3.8) is 0 Å². The molecule has 0 spiro atoms. The zero-order chi connectivity index (χ0) is 15.0. The molecule has 0 bridgehead atoms. The first-order valence-electron chi connectivity index (χ1n) is 6.72. The number of halogens is 1. The summed E-state index contributed by atoms with van der Waals surface area (Å²) in [5.41, 5.74) is -1.19. The first-order valence-corrected chi connectivity index (χ1v) is 8.61. The van der Waals surface area contributed by atoms with Crippen molar-refractivity contribution in [2.45, 2.75) is 30.3 Å². The van der Waals surface area contributed by atoms with Crippen molar-refractivity contribution in [1.82, 2.24) is 4.90 Å². The Balaban J connectivity index is 2.39. The molecule has 6 heteroatoms. The van der Waals surface area contributed by atoms with E-state index in [4.69, 9.17) is 0 Å². The number of aliphatic hydroxyl groups is 1. The molecule has 0 saturated carbocycles. The Morgan fingerprint density at radius 2 is 1.95 bits per heavy atom. The molecular formula is C14H20FNO3S. The average molecular weight is 301 g/mol. The van der Waals surface area contributed by atoms with Gasteiger partial charge >= 0.3 is 0 Å². The van der Waals surface area contributed by atoms with Gasteiger partial charge in [-0.05, 0) is 25.5 Å². The normalized spacial score (nSPS) is 20.0. The second kappa shape index (κ2) is 5.42. The van der Waals surface area contributed by atoms with Crippen LogP contribution in [0.3, 0.4) is 0 Å². The Kier molecular flexibility index (Phi) is 4.18. The summed E-state index contributed by atoms with van der Waals surface area (Å²) in [7, 11) is -3.63. The van der Waals surface area contributed by atoms with Gasteiger partial charge in [-0.1, -0.05) is 19.1 Å². The summed E-state index contributed by atoms with van der Waals surface area (Å²) in [6, 6.07) is 4.20. The van der Waals surface area contributed by atoms with E-state index in [1.165, 1.54) is 18.2 Å². The number of likely N-dealkylation sites (tertiary alicyclic amines) is 1. The van der Waals surface area contributed by atoms with Gasteiger partial charge in [-0.3, -0.25) is 0 Å². The highest BCUT2D eigenvalue weighted by Crippen LogP contribution is 2.35. The predicted octanol–water partition coefficient (Wildman–Crippen LogP) is 1.53. The summed E-state index contributed by atoms with van der Waals surface area (Å²) in [5.74, 6) is -0.817. The van der Waals surface area contributed by atoms with E-state index in [1.807, 2.05) is 6.92 Å². The van der Waals surface area contributed by atoms with Crippen LogP contribution in [0.25, 0.3) is 0 Å². The van der Waals surface area contributed by atoms with Gasteiger partial charge in [-0.15, -0.1) is 0 Å². The lowest BCUT2D eigenvalue weighted by Crippen LogP contribution is -2.43. The molecule has 0 unspecified atom stereocenters. The molecule has 1 fully saturated rings. The molecule has 0 aliphatic carbocycles. The second-order valence-electron chi connectivity index (χ2n) is 5.36. The largest absolute Gasteiger partial charge is 0.385 e. The molecule has 0 atom stereocenters. The van der Waals surface area contributed by atoms with E-state index >= 15 is 0 Å². The molecule has 2 rings (SSSR count). The van der Waals surface area contributed by atoms with E-state index < -0.39 is 21.3 Å². The Bertz CT molecular complexity index is 592. The topological polar surface area (TPSA) is 57.6 Å². The third-order valence-electron chi connectivity index (χ3n) is 3.99. The van der Waals surface area contributed by atoms with Crippen LogP contribution in [0.1, 0.15) is 25.3 Å². The Hall–Kier alpha value is -0.980. The molecule has 1 N–H and O–H groups in total. The molecule has 4 nitrogen and oxygen atoms in total. The maximum atomic E-state index is 14.4. The van der Waals surface area contributed by atoms with E-state index in [1.54, 1.807) is 0 Å². The molecule has 1 aliphatic rings.